The standard InChI is InChI=1S/C43H32N2/c1-3-15-40-36(4-2)37-20-11-13-22-41(37)44(40)34-24-25-43-39(29-34)38-21-12-14-23-42(38)45(43)35-27-32(30-16-7-5-8-17-30)26-33(28-35)31-18-9-6-10-19-31/h3-29H,2H2,1H3/b15-3-. The average molecular weight is 577 g/mol. The van der Waals surface area contributed by atoms with Gasteiger partial charge in [-0.1, -0.05) is 116 Å². The van der Waals surface area contributed by atoms with Gasteiger partial charge in [0.1, 0.15) is 0 Å². The van der Waals surface area contributed by atoms with Crippen LogP contribution < -0.4 is 0 Å². The Balaban J connectivity index is 1.41. The molecule has 0 aliphatic carbocycles. The van der Waals surface area contributed by atoms with E-state index in [0.717, 1.165) is 22.6 Å². The van der Waals surface area contributed by atoms with Crippen LogP contribution in [-0.2, 0) is 0 Å². The van der Waals surface area contributed by atoms with Crippen LogP contribution in [0.2, 0.25) is 0 Å². The molecule has 0 atom stereocenters. The van der Waals surface area contributed by atoms with Gasteiger partial charge in [0.2, 0.25) is 0 Å². The maximum absolute atomic E-state index is 4.17. The zero-order valence-electron chi connectivity index (χ0n) is 25.2. The fourth-order valence-corrected chi connectivity index (χ4v) is 6.81. The van der Waals surface area contributed by atoms with Gasteiger partial charge in [-0.25, -0.2) is 0 Å². The van der Waals surface area contributed by atoms with Crippen molar-refractivity contribution in [3.63, 3.8) is 0 Å². The van der Waals surface area contributed by atoms with Gasteiger partial charge in [-0.15, -0.1) is 0 Å². The van der Waals surface area contributed by atoms with E-state index in [-0.39, 0.29) is 0 Å². The summed E-state index contributed by atoms with van der Waals surface area (Å²) in [6.45, 7) is 6.23. The summed E-state index contributed by atoms with van der Waals surface area (Å²) in [5.74, 6) is 0. The maximum Gasteiger partial charge on any atom is 0.0542 e. The third kappa shape index (κ3) is 4.42. The average Bonchev–Trinajstić information content (AvgIpc) is 3.60. The minimum absolute atomic E-state index is 1.13. The van der Waals surface area contributed by atoms with Gasteiger partial charge in [-0.2, -0.15) is 0 Å². The van der Waals surface area contributed by atoms with Crippen LogP contribution in [0.5, 0.6) is 0 Å². The van der Waals surface area contributed by atoms with Crippen LogP contribution in [0.1, 0.15) is 18.2 Å². The van der Waals surface area contributed by atoms with Crippen LogP contribution in [0.25, 0.3) is 78.5 Å². The van der Waals surface area contributed by atoms with Crippen LogP contribution >= 0.6 is 0 Å². The van der Waals surface area contributed by atoms with E-state index in [9.17, 15) is 0 Å². The Morgan fingerprint density at radius 2 is 1.02 bits per heavy atom. The fraction of sp³-hybridized carbons (Fsp3) is 0.0233. The highest BCUT2D eigenvalue weighted by Crippen LogP contribution is 2.38. The van der Waals surface area contributed by atoms with Crippen molar-refractivity contribution in [3.8, 4) is 33.6 Å². The van der Waals surface area contributed by atoms with Crippen molar-refractivity contribution in [2.45, 2.75) is 6.92 Å². The van der Waals surface area contributed by atoms with E-state index in [0.29, 0.717) is 0 Å². The van der Waals surface area contributed by atoms with E-state index >= 15 is 0 Å². The molecule has 0 aliphatic heterocycles. The van der Waals surface area contributed by atoms with Gasteiger partial charge in [-0.3, -0.25) is 0 Å². The lowest BCUT2D eigenvalue weighted by Crippen LogP contribution is -1.98. The van der Waals surface area contributed by atoms with Gasteiger partial charge in [0.25, 0.3) is 0 Å². The van der Waals surface area contributed by atoms with Crippen molar-refractivity contribution in [1.29, 1.82) is 0 Å². The van der Waals surface area contributed by atoms with Crippen LogP contribution in [0.3, 0.4) is 0 Å². The molecule has 0 N–H and O–H groups in total. The van der Waals surface area contributed by atoms with Gasteiger partial charge in [-0.05, 0) is 83.8 Å². The number of fused-ring (bicyclic) bond motifs is 4. The third-order valence-electron chi connectivity index (χ3n) is 8.79. The monoisotopic (exact) mass is 576 g/mol. The molecule has 0 unspecified atom stereocenters. The molecule has 8 rings (SSSR count). The molecule has 2 nitrogen and oxygen atoms in total. The molecule has 2 aromatic heterocycles. The number of nitrogens with zero attached hydrogens (tertiary/aromatic N) is 2. The first kappa shape index (κ1) is 26.7. The minimum atomic E-state index is 1.13. The zero-order chi connectivity index (χ0) is 30.3. The Hall–Kier alpha value is -5.86. The lowest BCUT2D eigenvalue weighted by molar-refractivity contribution is 1.11. The maximum atomic E-state index is 4.17. The van der Waals surface area contributed by atoms with E-state index in [1.54, 1.807) is 0 Å². The lowest BCUT2D eigenvalue weighted by Gasteiger charge is -2.14. The number of allylic oxidation sites excluding steroid dienone is 1. The van der Waals surface area contributed by atoms with Gasteiger partial charge in [0, 0.05) is 33.1 Å². The Labute approximate surface area is 263 Å². The summed E-state index contributed by atoms with van der Waals surface area (Å²) >= 11 is 0. The molecular weight excluding hydrogens is 544 g/mol. The molecule has 6 aromatic carbocycles. The molecular formula is C43H32N2. The van der Waals surface area contributed by atoms with E-state index < -0.39 is 0 Å². The quantitative estimate of drug-likeness (QED) is 0.186. The van der Waals surface area contributed by atoms with Gasteiger partial charge in [0.05, 0.1) is 22.2 Å². The molecule has 0 amide bonds. The number of hydrogen-bond donors (Lipinski definition) is 0. The summed E-state index contributed by atoms with van der Waals surface area (Å²) in [6, 6.07) is 52.5. The van der Waals surface area contributed by atoms with Gasteiger partial charge < -0.3 is 9.13 Å². The fourth-order valence-electron chi connectivity index (χ4n) is 6.81. The van der Waals surface area contributed by atoms with Crippen molar-refractivity contribution in [3.05, 3.63) is 170 Å². The second-order valence-electron chi connectivity index (χ2n) is 11.4. The molecule has 0 aliphatic rings. The number of para-hydroxylation sites is 2. The molecule has 0 bridgehead atoms. The summed E-state index contributed by atoms with van der Waals surface area (Å²) in [5, 5.41) is 3.65. The molecule has 0 saturated carbocycles. The molecule has 45 heavy (non-hydrogen) atoms. The molecule has 0 fully saturated rings. The largest absolute Gasteiger partial charge is 0.309 e. The first-order valence-electron chi connectivity index (χ1n) is 15.4. The molecule has 8 aromatic rings. The van der Waals surface area contributed by atoms with Crippen molar-refractivity contribution >= 4 is 44.9 Å². The van der Waals surface area contributed by atoms with Crippen LogP contribution in [0, 0.1) is 0 Å². The summed E-state index contributed by atoms with van der Waals surface area (Å²) < 4.78 is 4.78. The summed E-state index contributed by atoms with van der Waals surface area (Å²) in [4.78, 5) is 0. The molecule has 214 valence electrons. The van der Waals surface area contributed by atoms with E-state index in [4.69, 9.17) is 0 Å². The van der Waals surface area contributed by atoms with Crippen molar-refractivity contribution in [2.75, 3.05) is 0 Å². The number of benzene rings is 6. The van der Waals surface area contributed by atoms with E-state index in [2.05, 4.69) is 180 Å². The summed E-state index contributed by atoms with van der Waals surface area (Å²) in [6.07, 6.45) is 6.26. The molecule has 0 radical (unpaired) electrons. The Morgan fingerprint density at radius 1 is 0.467 bits per heavy atom. The smallest absolute Gasteiger partial charge is 0.0542 e. The number of rotatable bonds is 6. The number of hydrogen-bond acceptors (Lipinski definition) is 0. The first-order valence-corrected chi connectivity index (χ1v) is 15.4. The number of aromatic nitrogens is 2. The zero-order valence-corrected chi connectivity index (χ0v) is 25.2. The van der Waals surface area contributed by atoms with Crippen molar-refractivity contribution in [2.24, 2.45) is 0 Å². The van der Waals surface area contributed by atoms with Crippen LogP contribution in [0.4, 0.5) is 0 Å². The van der Waals surface area contributed by atoms with Crippen LogP contribution in [0.15, 0.2) is 158 Å². The normalized spacial score (nSPS) is 11.7. The topological polar surface area (TPSA) is 9.86 Å². The van der Waals surface area contributed by atoms with Crippen molar-refractivity contribution < 1.29 is 0 Å². The molecule has 0 spiro atoms. The highest BCUT2D eigenvalue weighted by Gasteiger charge is 2.18. The molecule has 2 heteroatoms. The summed E-state index contributed by atoms with van der Waals surface area (Å²) in [5.41, 5.74) is 12.9. The molecule has 2 heterocycles. The predicted octanol–water partition coefficient (Wildman–Crippen LogP) is 11.7. The summed E-state index contributed by atoms with van der Waals surface area (Å²) in [7, 11) is 0. The van der Waals surface area contributed by atoms with Gasteiger partial charge >= 0.3 is 0 Å². The SMILES string of the molecule is C=Cc1c(/C=C\C)n(-c2ccc3c(c2)c2ccccc2n3-c2cc(-c3ccccc3)cc(-c3ccccc3)c2)c2ccccc12. The Kier molecular flexibility index (Phi) is 6.54. The van der Waals surface area contributed by atoms with Crippen LogP contribution in [-0.4, -0.2) is 9.13 Å². The minimum Gasteiger partial charge on any atom is -0.309 e. The Morgan fingerprint density at radius 3 is 1.64 bits per heavy atom. The van der Waals surface area contributed by atoms with E-state index in [1.165, 1.54) is 55.0 Å². The van der Waals surface area contributed by atoms with Gasteiger partial charge in [0.15, 0.2) is 0 Å². The highest BCUT2D eigenvalue weighted by molar-refractivity contribution is 6.10. The third-order valence-corrected chi connectivity index (χ3v) is 8.79. The first-order chi connectivity index (χ1) is 22.2. The Bertz CT molecular complexity index is 2330. The second kappa shape index (κ2) is 11.0. The second-order valence-corrected chi connectivity index (χ2v) is 11.4. The van der Waals surface area contributed by atoms with Crippen molar-refractivity contribution in [1.82, 2.24) is 9.13 Å². The predicted molar refractivity (Wildman–Crippen MR) is 193 cm³/mol. The van der Waals surface area contributed by atoms with E-state index in [1.807, 2.05) is 6.08 Å². The highest BCUT2D eigenvalue weighted by atomic mass is 15.0. The lowest BCUT2D eigenvalue weighted by atomic mass is 9.98. The molecule has 0 saturated heterocycles.